The summed E-state index contributed by atoms with van der Waals surface area (Å²) >= 11 is 9.41. The van der Waals surface area contributed by atoms with Crippen LogP contribution in [0.15, 0.2) is 46.3 Å². The molecule has 0 aliphatic carbocycles. The molecule has 0 spiro atoms. The minimum atomic E-state index is -0.120. The number of nitriles is 1. The number of amides is 1. The van der Waals surface area contributed by atoms with Crippen molar-refractivity contribution in [1.82, 2.24) is 4.90 Å². The molecule has 3 heterocycles. The third-order valence-electron chi connectivity index (χ3n) is 4.76. The number of anilines is 1. The van der Waals surface area contributed by atoms with Crippen molar-refractivity contribution in [2.24, 2.45) is 0 Å². The zero-order valence-electron chi connectivity index (χ0n) is 14.1. The van der Waals surface area contributed by atoms with Crippen LogP contribution in [-0.4, -0.2) is 23.4 Å². The van der Waals surface area contributed by atoms with Crippen molar-refractivity contribution < 1.29 is 4.79 Å². The van der Waals surface area contributed by atoms with E-state index in [4.69, 9.17) is 11.6 Å². The Kier molecular flexibility index (Phi) is 4.70. The van der Waals surface area contributed by atoms with Crippen molar-refractivity contribution in [2.75, 3.05) is 17.4 Å². The Bertz CT molecular complexity index is 933. The van der Waals surface area contributed by atoms with Gasteiger partial charge < -0.3 is 4.90 Å². The van der Waals surface area contributed by atoms with E-state index in [0.29, 0.717) is 29.6 Å². The number of allylic oxidation sites excluding steroid dienone is 1. The van der Waals surface area contributed by atoms with Crippen molar-refractivity contribution in [3.63, 3.8) is 0 Å². The van der Waals surface area contributed by atoms with E-state index >= 15 is 0 Å². The van der Waals surface area contributed by atoms with Gasteiger partial charge >= 0.3 is 0 Å². The van der Waals surface area contributed by atoms with Gasteiger partial charge in [0.1, 0.15) is 0 Å². The van der Waals surface area contributed by atoms with Gasteiger partial charge in [0.25, 0.3) is 0 Å². The second-order valence-corrected chi connectivity index (χ2v) is 8.58. The molecular formula is C19H16ClN3OS2. The van der Waals surface area contributed by atoms with Crippen LogP contribution in [0.3, 0.4) is 0 Å². The molecule has 1 atom stereocenters. The predicted molar refractivity (Wildman–Crippen MR) is 107 cm³/mol. The number of nitrogens with zero attached hydrogens (tertiary/aromatic N) is 3. The molecule has 1 amide bonds. The van der Waals surface area contributed by atoms with Gasteiger partial charge in [-0.1, -0.05) is 35.5 Å². The number of hydrogen-bond donors (Lipinski definition) is 0. The number of rotatable bonds is 2. The molecule has 26 heavy (non-hydrogen) atoms. The van der Waals surface area contributed by atoms with E-state index in [0.717, 1.165) is 21.2 Å². The van der Waals surface area contributed by atoms with E-state index < -0.39 is 0 Å². The average Bonchev–Trinajstić information content (AvgIpc) is 3.18. The van der Waals surface area contributed by atoms with E-state index in [1.165, 1.54) is 0 Å². The topological polar surface area (TPSA) is 47.3 Å². The van der Waals surface area contributed by atoms with Crippen LogP contribution in [0.5, 0.6) is 0 Å². The van der Waals surface area contributed by atoms with Gasteiger partial charge in [-0.15, -0.1) is 11.3 Å². The smallest absolute Gasteiger partial charge is 0.229 e. The van der Waals surface area contributed by atoms with Gasteiger partial charge in [-0.25, -0.2) is 0 Å². The Hall–Kier alpha value is -1.94. The number of carbonyl (C=O) groups excluding carboxylic acids is 1. The largest absolute Gasteiger partial charge is 0.343 e. The maximum Gasteiger partial charge on any atom is 0.229 e. The molecule has 132 valence electrons. The van der Waals surface area contributed by atoms with E-state index in [1.807, 2.05) is 42.6 Å². The molecule has 0 saturated carbocycles. The van der Waals surface area contributed by atoms with Gasteiger partial charge in [0.2, 0.25) is 5.91 Å². The van der Waals surface area contributed by atoms with Crippen LogP contribution in [0.1, 0.15) is 22.8 Å². The fourth-order valence-corrected chi connectivity index (χ4v) is 5.55. The molecule has 1 fully saturated rings. The first-order chi connectivity index (χ1) is 12.6. The molecule has 0 bridgehead atoms. The SMILES string of the molecule is Cc1c(Cl)cccc1N1CSC2=C(C#N)[C@H](c3cccs3)CC(=O)N2C1. The van der Waals surface area contributed by atoms with Gasteiger partial charge in [-0.3, -0.25) is 9.69 Å². The molecular weight excluding hydrogens is 386 g/mol. The van der Waals surface area contributed by atoms with Gasteiger partial charge in [0.05, 0.1) is 29.2 Å². The van der Waals surface area contributed by atoms with Crippen LogP contribution in [0.2, 0.25) is 5.02 Å². The third kappa shape index (κ3) is 2.90. The lowest BCUT2D eigenvalue weighted by molar-refractivity contribution is -0.129. The van der Waals surface area contributed by atoms with Crippen molar-refractivity contribution in [2.45, 2.75) is 19.3 Å². The summed E-state index contributed by atoms with van der Waals surface area (Å²) in [7, 11) is 0. The maximum absolute atomic E-state index is 12.8. The number of halogens is 1. The highest BCUT2D eigenvalue weighted by Gasteiger charge is 2.38. The van der Waals surface area contributed by atoms with Gasteiger partial charge in [-0.05, 0) is 36.1 Å². The monoisotopic (exact) mass is 401 g/mol. The first-order valence-corrected chi connectivity index (χ1v) is 10.5. The Morgan fingerprint density at radius 1 is 1.31 bits per heavy atom. The number of benzene rings is 1. The minimum Gasteiger partial charge on any atom is -0.343 e. The summed E-state index contributed by atoms with van der Waals surface area (Å²) in [4.78, 5) is 17.8. The second-order valence-electron chi connectivity index (χ2n) is 6.26. The van der Waals surface area contributed by atoms with Crippen LogP contribution in [0.25, 0.3) is 0 Å². The Morgan fingerprint density at radius 2 is 2.15 bits per heavy atom. The highest BCUT2D eigenvalue weighted by Crippen LogP contribution is 2.44. The molecule has 2 aliphatic rings. The molecule has 0 unspecified atom stereocenters. The van der Waals surface area contributed by atoms with Crippen LogP contribution < -0.4 is 4.90 Å². The van der Waals surface area contributed by atoms with Crippen molar-refractivity contribution in [3.8, 4) is 6.07 Å². The summed E-state index contributed by atoms with van der Waals surface area (Å²) in [6.45, 7) is 2.43. The average molecular weight is 402 g/mol. The zero-order chi connectivity index (χ0) is 18.3. The van der Waals surface area contributed by atoms with Crippen LogP contribution in [-0.2, 0) is 4.79 Å². The molecule has 1 aromatic heterocycles. The van der Waals surface area contributed by atoms with E-state index in [9.17, 15) is 10.1 Å². The molecule has 7 heteroatoms. The van der Waals surface area contributed by atoms with Crippen molar-refractivity contribution in [1.29, 1.82) is 5.26 Å². The fraction of sp³-hybridized carbons (Fsp3) is 0.263. The molecule has 2 aliphatic heterocycles. The standard InChI is InChI=1S/C19H16ClN3OS2/c1-12-15(20)4-2-5-16(12)22-10-23-18(24)8-13(17-6-3-7-25-17)14(9-21)19(23)26-11-22/h2-7,13H,8,10-11H2,1H3/t13-/m1/s1. The first kappa shape index (κ1) is 17.5. The summed E-state index contributed by atoms with van der Waals surface area (Å²) in [6.07, 6.45) is 0.343. The molecule has 0 radical (unpaired) electrons. The van der Waals surface area contributed by atoms with E-state index in [-0.39, 0.29) is 11.8 Å². The van der Waals surface area contributed by atoms with Crippen LogP contribution in [0.4, 0.5) is 5.69 Å². The van der Waals surface area contributed by atoms with Gasteiger partial charge in [0.15, 0.2) is 0 Å². The number of hydrogen-bond acceptors (Lipinski definition) is 5. The van der Waals surface area contributed by atoms with E-state index in [1.54, 1.807) is 28.0 Å². The Labute approximate surface area is 165 Å². The number of thiophene rings is 1. The summed E-state index contributed by atoms with van der Waals surface area (Å²) in [5.41, 5.74) is 2.74. The van der Waals surface area contributed by atoms with Crippen molar-refractivity contribution >= 4 is 46.3 Å². The molecule has 2 aromatic rings. The van der Waals surface area contributed by atoms with Gasteiger partial charge in [-0.2, -0.15) is 5.26 Å². The molecule has 4 rings (SSSR count). The van der Waals surface area contributed by atoms with Crippen LogP contribution in [0, 0.1) is 18.3 Å². The zero-order valence-corrected chi connectivity index (χ0v) is 16.5. The summed E-state index contributed by atoms with van der Waals surface area (Å²) in [5, 5.41) is 13.3. The summed E-state index contributed by atoms with van der Waals surface area (Å²) in [5.74, 6) is 0.628. The summed E-state index contributed by atoms with van der Waals surface area (Å²) < 4.78 is 0. The molecule has 1 saturated heterocycles. The lowest BCUT2D eigenvalue weighted by Gasteiger charge is -2.42. The number of thioether (sulfide) groups is 1. The fourth-order valence-electron chi connectivity index (χ4n) is 3.39. The predicted octanol–water partition coefficient (Wildman–Crippen LogP) is 4.93. The highest BCUT2D eigenvalue weighted by molar-refractivity contribution is 8.03. The third-order valence-corrected chi connectivity index (χ3v) is 7.31. The van der Waals surface area contributed by atoms with Gasteiger partial charge in [0, 0.05) is 27.9 Å². The first-order valence-electron chi connectivity index (χ1n) is 8.21. The molecule has 4 nitrogen and oxygen atoms in total. The lowest BCUT2D eigenvalue weighted by atomic mass is 9.92. The normalized spacial score (nSPS) is 20.2. The second kappa shape index (κ2) is 6.99. The number of carbonyl (C=O) groups is 1. The molecule has 0 N–H and O–H groups in total. The summed E-state index contributed by atoms with van der Waals surface area (Å²) in [6, 6.07) is 12.2. The lowest BCUT2D eigenvalue weighted by Crippen LogP contribution is -2.47. The van der Waals surface area contributed by atoms with Crippen LogP contribution >= 0.6 is 34.7 Å². The Balaban J connectivity index is 1.68. The molecule has 1 aromatic carbocycles. The Morgan fingerprint density at radius 3 is 2.88 bits per heavy atom. The van der Waals surface area contributed by atoms with E-state index in [2.05, 4.69) is 11.0 Å². The number of fused-ring (bicyclic) bond motifs is 1. The maximum atomic E-state index is 12.8. The quantitative estimate of drug-likeness (QED) is 0.715. The minimum absolute atomic E-state index is 0.0641. The van der Waals surface area contributed by atoms with Crippen molar-refractivity contribution in [3.05, 3.63) is 61.8 Å². The highest BCUT2D eigenvalue weighted by atomic mass is 35.5.